The third kappa shape index (κ3) is 4.89. The van der Waals surface area contributed by atoms with E-state index in [1.807, 2.05) is 25.2 Å². The molecule has 132 valence electrons. The molecule has 0 aliphatic heterocycles. The second kappa shape index (κ2) is 8.97. The fourth-order valence-corrected chi connectivity index (χ4v) is 2.29. The summed E-state index contributed by atoms with van der Waals surface area (Å²) in [7, 11) is 1.62. The van der Waals surface area contributed by atoms with E-state index in [4.69, 9.17) is 4.74 Å². The summed E-state index contributed by atoms with van der Waals surface area (Å²) in [5, 5.41) is 3.23. The van der Waals surface area contributed by atoms with Crippen molar-refractivity contribution in [1.29, 1.82) is 0 Å². The molecule has 0 aliphatic carbocycles. The van der Waals surface area contributed by atoms with Crippen LogP contribution >= 0.6 is 0 Å². The molecule has 25 heavy (non-hydrogen) atoms. The van der Waals surface area contributed by atoms with Gasteiger partial charge in [-0.05, 0) is 32.4 Å². The Hall–Kier alpha value is -2.69. The lowest BCUT2D eigenvalue weighted by molar-refractivity contribution is 0.295. The molecule has 0 bridgehead atoms. The first kappa shape index (κ1) is 18.6. The molecule has 5 heteroatoms. The number of aromatic nitrogens is 2. The minimum atomic E-state index is -0.305. The molecule has 0 spiro atoms. The average Bonchev–Trinajstić information content (AvgIpc) is 2.64. The van der Waals surface area contributed by atoms with Crippen LogP contribution in [0.1, 0.15) is 32.8 Å². The smallest absolute Gasteiger partial charge is 0.141 e. The Morgan fingerprint density at radius 1 is 1.20 bits per heavy atom. The molecule has 0 unspecified atom stereocenters. The van der Waals surface area contributed by atoms with Crippen molar-refractivity contribution in [3.8, 4) is 0 Å². The lowest BCUT2D eigenvalue weighted by Gasteiger charge is -2.14. The molecule has 2 aromatic rings. The highest BCUT2D eigenvalue weighted by atomic mass is 19.1. The van der Waals surface area contributed by atoms with Crippen molar-refractivity contribution in [3.63, 3.8) is 0 Å². The van der Waals surface area contributed by atoms with E-state index in [0.717, 1.165) is 12.1 Å². The molecular formula is C20H24FN3O. The van der Waals surface area contributed by atoms with Gasteiger partial charge in [0.15, 0.2) is 0 Å². The number of hydrogen-bond donors (Lipinski definition) is 1. The SMILES string of the molecule is C\C=C(NCc1cc2nccnc2cc1F)/C(=C\C=C(/C)CC)OC. The summed E-state index contributed by atoms with van der Waals surface area (Å²) in [6.45, 7) is 6.41. The van der Waals surface area contributed by atoms with Gasteiger partial charge in [-0.25, -0.2) is 4.39 Å². The van der Waals surface area contributed by atoms with E-state index in [2.05, 4.69) is 29.1 Å². The van der Waals surface area contributed by atoms with Gasteiger partial charge >= 0.3 is 0 Å². The number of benzene rings is 1. The Kier molecular flexibility index (Phi) is 6.69. The summed E-state index contributed by atoms with van der Waals surface area (Å²) in [6, 6.07) is 3.13. The van der Waals surface area contributed by atoms with E-state index in [1.54, 1.807) is 25.6 Å². The maximum absolute atomic E-state index is 14.3. The Morgan fingerprint density at radius 3 is 2.48 bits per heavy atom. The Morgan fingerprint density at radius 2 is 1.88 bits per heavy atom. The van der Waals surface area contributed by atoms with Crippen molar-refractivity contribution in [2.45, 2.75) is 33.7 Å². The monoisotopic (exact) mass is 341 g/mol. The molecule has 1 N–H and O–H groups in total. The van der Waals surface area contributed by atoms with Crippen LogP contribution in [0.5, 0.6) is 0 Å². The summed E-state index contributed by atoms with van der Waals surface area (Å²) >= 11 is 0. The average molecular weight is 341 g/mol. The molecule has 0 radical (unpaired) electrons. The van der Waals surface area contributed by atoms with Crippen molar-refractivity contribution in [3.05, 3.63) is 71.2 Å². The second-order valence-corrected chi connectivity index (χ2v) is 5.65. The van der Waals surface area contributed by atoms with Gasteiger partial charge < -0.3 is 10.1 Å². The van der Waals surface area contributed by atoms with Gasteiger partial charge in [0.2, 0.25) is 0 Å². The highest BCUT2D eigenvalue weighted by Gasteiger charge is 2.09. The topological polar surface area (TPSA) is 47.0 Å². The molecule has 0 saturated carbocycles. The quantitative estimate of drug-likeness (QED) is 0.588. The fourth-order valence-electron chi connectivity index (χ4n) is 2.29. The first-order valence-electron chi connectivity index (χ1n) is 8.30. The number of ether oxygens (including phenoxy) is 1. The van der Waals surface area contributed by atoms with Crippen molar-refractivity contribution in [1.82, 2.24) is 15.3 Å². The van der Waals surface area contributed by atoms with Gasteiger partial charge in [-0.15, -0.1) is 0 Å². The molecule has 1 aromatic carbocycles. The molecule has 1 aromatic heterocycles. The molecule has 0 fully saturated rings. The summed E-state index contributed by atoms with van der Waals surface area (Å²) in [5.74, 6) is 0.400. The first-order chi connectivity index (χ1) is 12.1. The highest BCUT2D eigenvalue weighted by molar-refractivity contribution is 5.74. The molecular weight excluding hydrogens is 317 g/mol. The van der Waals surface area contributed by atoms with Crippen LogP contribution in [0, 0.1) is 5.82 Å². The number of nitrogens with one attached hydrogen (secondary N) is 1. The van der Waals surface area contributed by atoms with E-state index < -0.39 is 0 Å². The zero-order valence-corrected chi connectivity index (χ0v) is 15.1. The van der Waals surface area contributed by atoms with Gasteiger partial charge in [0.05, 0.1) is 23.8 Å². The summed E-state index contributed by atoms with van der Waals surface area (Å²) in [4.78, 5) is 8.34. The van der Waals surface area contributed by atoms with Crippen LogP contribution in [0.25, 0.3) is 11.0 Å². The van der Waals surface area contributed by atoms with E-state index in [0.29, 0.717) is 28.9 Å². The van der Waals surface area contributed by atoms with Crippen LogP contribution in [0.2, 0.25) is 0 Å². The number of allylic oxidation sites excluding steroid dienone is 4. The molecule has 0 amide bonds. The third-order valence-corrected chi connectivity index (χ3v) is 3.96. The fraction of sp³-hybridized carbons (Fsp3) is 0.300. The zero-order valence-electron chi connectivity index (χ0n) is 15.1. The van der Waals surface area contributed by atoms with Crippen LogP contribution in [-0.4, -0.2) is 17.1 Å². The minimum absolute atomic E-state index is 0.305. The van der Waals surface area contributed by atoms with E-state index >= 15 is 0 Å². The number of halogens is 1. The Balaban J connectivity index is 2.19. The van der Waals surface area contributed by atoms with Crippen LogP contribution in [0.3, 0.4) is 0 Å². The largest absolute Gasteiger partial charge is 0.495 e. The van der Waals surface area contributed by atoms with Crippen LogP contribution in [0.4, 0.5) is 4.39 Å². The maximum atomic E-state index is 14.3. The molecule has 2 rings (SSSR count). The lowest BCUT2D eigenvalue weighted by Crippen LogP contribution is -2.16. The number of nitrogens with zero attached hydrogens (tertiary/aromatic N) is 2. The van der Waals surface area contributed by atoms with Gasteiger partial charge in [-0.2, -0.15) is 0 Å². The Bertz CT molecular complexity index is 825. The zero-order chi connectivity index (χ0) is 18.2. The van der Waals surface area contributed by atoms with Crippen molar-refractivity contribution in [2.24, 2.45) is 0 Å². The van der Waals surface area contributed by atoms with Crippen LogP contribution < -0.4 is 5.32 Å². The normalized spacial score (nSPS) is 13.2. The van der Waals surface area contributed by atoms with Crippen LogP contribution in [-0.2, 0) is 11.3 Å². The van der Waals surface area contributed by atoms with Crippen molar-refractivity contribution < 1.29 is 9.13 Å². The Labute approximate surface area is 148 Å². The molecule has 1 heterocycles. The lowest BCUT2D eigenvalue weighted by atomic mass is 10.1. The van der Waals surface area contributed by atoms with Crippen molar-refractivity contribution in [2.75, 3.05) is 7.11 Å². The number of methoxy groups -OCH3 is 1. The summed E-state index contributed by atoms with van der Waals surface area (Å²) in [6.07, 6.45) is 9.99. The number of hydrogen-bond acceptors (Lipinski definition) is 4. The van der Waals surface area contributed by atoms with Gasteiger partial charge in [0.1, 0.15) is 11.6 Å². The van der Waals surface area contributed by atoms with E-state index in [-0.39, 0.29) is 5.82 Å². The van der Waals surface area contributed by atoms with Gasteiger partial charge in [0, 0.05) is 30.6 Å². The van der Waals surface area contributed by atoms with Crippen molar-refractivity contribution >= 4 is 11.0 Å². The molecule has 0 saturated heterocycles. The van der Waals surface area contributed by atoms with E-state index in [9.17, 15) is 4.39 Å². The predicted molar refractivity (Wildman–Crippen MR) is 99.2 cm³/mol. The second-order valence-electron chi connectivity index (χ2n) is 5.65. The summed E-state index contributed by atoms with van der Waals surface area (Å²) in [5.41, 5.74) is 3.81. The third-order valence-electron chi connectivity index (χ3n) is 3.96. The minimum Gasteiger partial charge on any atom is -0.495 e. The summed E-state index contributed by atoms with van der Waals surface area (Å²) < 4.78 is 19.7. The van der Waals surface area contributed by atoms with Gasteiger partial charge in [-0.1, -0.05) is 24.6 Å². The molecule has 0 atom stereocenters. The highest BCUT2D eigenvalue weighted by Crippen LogP contribution is 2.17. The first-order valence-corrected chi connectivity index (χ1v) is 8.30. The predicted octanol–water partition coefficient (Wildman–Crippen LogP) is 4.65. The van der Waals surface area contributed by atoms with Gasteiger partial charge in [-0.3, -0.25) is 9.97 Å². The van der Waals surface area contributed by atoms with Gasteiger partial charge in [0.25, 0.3) is 0 Å². The van der Waals surface area contributed by atoms with E-state index in [1.165, 1.54) is 11.6 Å². The molecule has 0 aliphatic rings. The standard InChI is InChI=1S/C20H24FN3O/c1-5-14(3)7-8-20(25-4)17(6-2)24-13-15-11-18-19(12-16(15)21)23-10-9-22-18/h6-12,24H,5,13H2,1-4H3/b14-7+,17-6+,20-8+. The number of rotatable bonds is 7. The van der Waals surface area contributed by atoms with Crippen LogP contribution in [0.15, 0.2) is 59.8 Å². The molecule has 4 nitrogen and oxygen atoms in total. The number of fused-ring (bicyclic) bond motifs is 1. The maximum Gasteiger partial charge on any atom is 0.141 e.